The predicted octanol–water partition coefficient (Wildman–Crippen LogP) is 3.32. The lowest BCUT2D eigenvalue weighted by molar-refractivity contribution is -0.122. The van der Waals surface area contributed by atoms with Crippen molar-refractivity contribution in [3.8, 4) is 0 Å². The standard InChI is InChI=1S/C19H25N3O2/c1-19(2,3)14-10-8-13(9-11-14)17(23)21-22-12-20-16-7-5-4-6-15(16)18(22)24/h4-7,12-14H,8-11H2,1-3H3,(H,21,23). The Kier molecular flexibility index (Phi) is 4.43. The molecule has 1 aromatic carbocycles. The molecule has 128 valence electrons. The Hall–Kier alpha value is -2.17. The quantitative estimate of drug-likeness (QED) is 0.920. The second-order valence-corrected chi connectivity index (χ2v) is 7.83. The molecular formula is C19H25N3O2. The van der Waals surface area contributed by atoms with Gasteiger partial charge in [0.1, 0.15) is 6.33 Å². The van der Waals surface area contributed by atoms with E-state index in [1.165, 1.54) is 11.0 Å². The first-order valence-corrected chi connectivity index (χ1v) is 8.63. The van der Waals surface area contributed by atoms with E-state index in [-0.39, 0.29) is 17.4 Å². The molecule has 1 fully saturated rings. The average Bonchev–Trinajstić information content (AvgIpc) is 2.57. The van der Waals surface area contributed by atoms with Crippen molar-refractivity contribution in [1.29, 1.82) is 0 Å². The maximum atomic E-state index is 12.5. The van der Waals surface area contributed by atoms with Crippen LogP contribution in [0.5, 0.6) is 0 Å². The molecule has 2 aromatic rings. The van der Waals surface area contributed by atoms with Gasteiger partial charge >= 0.3 is 0 Å². The fourth-order valence-electron chi connectivity index (χ4n) is 3.58. The van der Waals surface area contributed by atoms with Crippen molar-refractivity contribution in [3.63, 3.8) is 0 Å². The molecule has 1 aliphatic carbocycles. The Labute approximate surface area is 142 Å². The fraction of sp³-hybridized carbons (Fsp3) is 0.526. The summed E-state index contributed by atoms with van der Waals surface area (Å²) in [6.45, 7) is 6.79. The van der Waals surface area contributed by atoms with Crippen LogP contribution in [-0.2, 0) is 4.79 Å². The minimum absolute atomic E-state index is 0.0260. The number of carbonyl (C=O) groups is 1. The van der Waals surface area contributed by atoms with Gasteiger partial charge in [0.15, 0.2) is 0 Å². The third-order valence-electron chi connectivity index (χ3n) is 5.22. The van der Waals surface area contributed by atoms with Crippen molar-refractivity contribution in [3.05, 3.63) is 40.9 Å². The van der Waals surface area contributed by atoms with Crippen LogP contribution in [0.3, 0.4) is 0 Å². The Morgan fingerprint density at radius 2 is 1.83 bits per heavy atom. The number of carbonyl (C=O) groups excluding carboxylic acids is 1. The Morgan fingerprint density at radius 3 is 2.50 bits per heavy atom. The maximum absolute atomic E-state index is 12.5. The molecule has 5 heteroatoms. The molecule has 0 radical (unpaired) electrons. The van der Waals surface area contributed by atoms with Gasteiger partial charge in [0.2, 0.25) is 5.91 Å². The fourth-order valence-corrected chi connectivity index (χ4v) is 3.58. The number of nitrogens with one attached hydrogen (secondary N) is 1. The first-order chi connectivity index (χ1) is 11.4. The van der Waals surface area contributed by atoms with Crippen molar-refractivity contribution in [2.45, 2.75) is 46.5 Å². The number of fused-ring (bicyclic) bond motifs is 1. The summed E-state index contributed by atoms with van der Waals surface area (Å²) in [5.41, 5.74) is 3.42. The summed E-state index contributed by atoms with van der Waals surface area (Å²) in [5.74, 6) is 0.551. The summed E-state index contributed by atoms with van der Waals surface area (Å²) in [7, 11) is 0. The van der Waals surface area contributed by atoms with Crippen LogP contribution in [0.4, 0.5) is 0 Å². The molecular weight excluding hydrogens is 302 g/mol. The lowest BCUT2D eigenvalue weighted by Gasteiger charge is -2.36. The van der Waals surface area contributed by atoms with E-state index >= 15 is 0 Å². The molecule has 0 aliphatic heterocycles. The zero-order valence-corrected chi connectivity index (χ0v) is 14.6. The van der Waals surface area contributed by atoms with E-state index in [1.807, 2.05) is 6.07 Å². The van der Waals surface area contributed by atoms with Gasteiger partial charge in [0.25, 0.3) is 5.56 Å². The van der Waals surface area contributed by atoms with Gasteiger partial charge in [-0.1, -0.05) is 32.9 Å². The van der Waals surface area contributed by atoms with E-state index < -0.39 is 0 Å². The van der Waals surface area contributed by atoms with Gasteiger partial charge in [-0.2, -0.15) is 0 Å². The number of nitrogens with zero attached hydrogens (tertiary/aromatic N) is 2. The number of benzene rings is 1. The van der Waals surface area contributed by atoms with Crippen LogP contribution in [0.25, 0.3) is 10.9 Å². The van der Waals surface area contributed by atoms with Crippen LogP contribution in [0.1, 0.15) is 46.5 Å². The SMILES string of the molecule is CC(C)(C)C1CCC(C(=O)Nn2cnc3ccccc3c2=O)CC1. The molecule has 1 heterocycles. The molecule has 24 heavy (non-hydrogen) atoms. The molecule has 1 saturated carbocycles. The second-order valence-electron chi connectivity index (χ2n) is 7.83. The highest BCUT2D eigenvalue weighted by atomic mass is 16.2. The molecule has 3 rings (SSSR count). The monoisotopic (exact) mass is 327 g/mol. The third-order valence-corrected chi connectivity index (χ3v) is 5.22. The summed E-state index contributed by atoms with van der Waals surface area (Å²) < 4.78 is 1.21. The highest BCUT2D eigenvalue weighted by molar-refractivity contribution is 5.86. The minimum atomic E-state index is -0.239. The number of rotatable bonds is 2. The lowest BCUT2D eigenvalue weighted by atomic mass is 9.70. The van der Waals surface area contributed by atoms with Crippen LogP contribution in [0.2, 0.25) is 0 Å². The molecule has 0 bridgehead atoms. The summed E-state index contributed by atoms with van der Waals surface area (Å²) in [6, 6.07) is 7.15. The van der Waals surface area contributed by atoms with Crippen LogP contribution < -0.4 is 11.0 Å². The topological polar surface area (TPSA) is 64.0 Å². The normalized spacial score (nSPS) is 21.6. The van der Waals surface area contributed by atoms with Crippen molar-refractivity contribution in [2.75, 3.05) is 5.43 Å². The van der Waals surface area contributed by atoms with Crippen LogP contribution in [0, 0.1) is 17.3 Å². The molecule has 0 atom stereocenters. The molecule has 1 aromatic heterocycles. The highest BCUT2D eigenvalue weighted by Gasteiger charge is 2.32. The Bertz CT molecular complexity index is 796. The molecule has 1 aliphatic rings. The van der Waals surface area contributed by atoms with Gasteiger partial charge in [0, 0.05) is 5.92 Å². The minimum Gasteiger partial charge on any atom is -0.273 e. The summed E-state index contributed by atoms with van der Waals surface area (Å²) in [6.07, 6.45) is 5.27. The zero-order chi connectivity index (χ0) is 17.3. The van der Waals surface area contributed by atoms with Gasteiger partial charge in [0.05, 0.1) is 10.9 Å². The van der Waals surface area contributed by atoms with E-state index in [1.54, 1.807) is 18.2 Å². The first kappa shape index (κ1) is 16.7. The van der Waals surface area contributed by atoms with E-state index in [2.05, 4.69) is 31.2 Å². The molecule has 0 unspecified atom stereocenters. The Morgan fingerprint density at radius 1 is 1.17 bits per heavy atom. The predicted molar refractivity (Wildman–Crippen MR) is 95.3 cm³/mol. The first-order valence-electron chi connectivity index (χ1n) is 8.63. The highest BCUT2D eigenvalue weighted by Crippen LogP contribution is 2.39. The third kappa shape index (κ3) is 3.35. The molecule has 5 nitrogen and oxygen atoms in total. The van der Waals surface area contributed by atoms with Crippen molar-refractivity contribution < 1.29 is 4.79 Å². The smallest absolute Gasteiger partial charge is 0.273 e. The molecule has 0 saturated heterocycles. The average molecular weight is 327 g/mol. The van der Waals surface area contributed by atoms with Gasteiger partial charge in [-0.15, -0.1) is 0 Å². The zero-order valence-electron chi connectivity index (χ0n) is 14.6. The van der Waals surface area contributed by atoms with E-state index in [0.29, 0.717) is 22.2 Å². The van der Waals surface area contributed by atoms with Gasteiger partial charge in [-0.05, 0) is 49.1 Å². The number of aromatic nitrogens is 2. The van der Waals surface area contributed by atoms with Crippen molar-refractivity contribution in [2.24, 2.45) is 17.3 Å². The van der Waals surface area contributed by atoms with E-state index in [9.17, 15) is 9.59 Å². The molecule has 1 amide bonds. The maximum Gasteiger partial charge on any atom is 0.280 e. The van der Waals surface area contributed by atoms with Gasteiger partial charge in [-0.25, -0.2) is 9.66 Å². The van der Waals surface area contributed by atoms with Crippen LogP contribution in [-0.4, -0.2) is 15.6 Å². The van der Waals surface area contributed by atoms with E-state index in [0.717, 1.165) is 25.7 Å². The van der Waals surface area contributed by atoms with Crippen molar-refractivity contribution >= 4 is 16.8 Å². The summed E-state index contributed by atoms with van der Waals surface area (Å²) >= 11 is 0. The Balaban J connectivity index is 1.70. The van der Waals surface area contributed by atoms with Crippen molar-refractivity contribution in [1.82, 2.24) is 9.66 Å². The van der Waals surface area contributed by atoms with Crippen LogP contribution >= 0.6 is 0 Å². The summed E-state index contributed by atoms with van der Waals surface area (Å²) in [5, 5.41) is 0.511. The lowest BCUT2D eigenvalue weighted by Crippen LogP contribution is -2.38. The number of hydrogen-bond donors (Lipinski definition) is 1. The molecule has 0 spiro atoms. The molecule has 1 N–H and O–H groups in total. The largest absolute Gasteiger partial charge is 0.280 e. The van der Waals surface area contributed by atoms with Crippen LogP contribution in [0.15, 0.2) is 35.4 Å². The second kappa shape index (κ2) is 6.38. The number of hydrogen-bond acceptors (Lipinski definition) is 3. The van der Waals surface area contributed by atoms with E-state index in [4.69, 9.17) is 0 Å². The number of amides is 1. The number of para-hydroxylation sites is 1. The van der Waals surface area contributed by atoms with Gasteiger partial charge in [-0.3, -0.25) is 15.0 Å². The summed E-state index contributed by atoms with van der Waals surface area (Å²) in [4.78, 5) is 29.2. The van der Waals surface area contributed by atoms with Gasteiger partial charge < -0.3 is 0 Å².